The van der Waals surface area contributed by atoms with Gasteiger partial charge in [-0.1, -0.05) is 23.2 Å². The van der Waals surface area contributed by atoms with Crippen LogP contribution in [-0.2, 0) is 16.4 Å². The second kappa shape index (κ2) is 7.92. The normalized spacial score (nSPS) is 13.4. The highest BCUT2D eigenvalue weighted by Crippen LogP contribution is 2.30. The number of sulfonamides is 1. The van der Waals surface area contributed by atoms with E-state index < -0.39 is 10.0 Å². The van der Waals surface area contributed by atoms with E-state index in [9.17, 15) is 13.2 Å². The number of rotatable bonds is 6. The Labute approximate surface area is 167 Å². The van der Waals surface area contributed by atoms with Crippen molar-refractivity contribution in [2.24, 2.45) is 0 Å². The number of hydrogen-bond donors (Lipinski definition) is 2. The van der Waals surface area contributed by atoms with Gasteiger partial charge in [0.25, 0.3) is 5.91 Å². The fourth-order valence-corrected chi connectivity index (χ4v) is 4.27. The van der Waals surface area contributed by atoms with Gasteiger partial charge in [0.15, 0.2) is 0 Å². The fraction of sp³-hybridized carbons (Fsp3) is 0.294. The molecule has 0 saturated heterocycles. The minimum atomic E-state index is -3.30. The average Bonchev–Trinajstić information content (AvgIpc) is 3.03. The second-order valence-corrected chi connectivity index (χ2v) is 8.85. The zero-order valence-corrected chi connectivity index (χ0v) is 16.8. The van der Waals surface area contributed by atoms with E-state index in [4.69, 9.17) is 23.2 Å². The van der Waals surface area contributed by atoms with E-state index in [1.54, 1.807) is 24.3 Å². The number of carbonyl (C=O) groups excluding carboxylic acids is 1. The Morgan fingerprint density at radius 3 is 2.74 bits per heavy atom. The third-order valence-corrected chi connectivity index (χ3v) is 5.78. The molecule has 0 bridgehead atoms. The minimum absolute atomic E-state index is 0.229. The van der Waals surface area contributed by atoms with Crippen molar-refractivity contribution in [2.45, 2.75) is 6.42 Å². The molecule has 1 aliphatic heterocycles. The maximum absolute atomic E-state index is 12.3. The highest BCUT2D eigenvalue weighted by Gasteiger charge is 2.26. The van der Waals surface area contributed by atoms with Crippen LogP contribution >= 0.6 is 23.2 Å². The topological polar surface area (TPSA) is 91.4 Å². The summed E-state index contributed by atoms with van der Waals surface area (Å²) in [6.45, 7) is 1.21. The molecule has 1 amide bonds. The van der Waals surface area contributed by atoms with Gasteiger partial charge >= 0.3 is 0 Å². The maximum atomic E-state index is 12.3. The number of amides is 1. The number of halogens is 2. The number of carbonyl (C=O) groups is 1. The van der Waals surface area contributed by atoms with E-state index >= 15 is 0 Å². The SMILES string of the molecule is CS(=O)(=O)N1CCc2cc(C(=O)NCCNc3ncc(Cl)cc3Cl)ccc21. The molecule has 0 spiro atoms. The van der Waals surface area contributed by atoms with Crippen LogP contribution in [0.25, 0.3) is 0 Å². The van der Waals surface area contributed by atoms with Gasteiger partial charge in [0, 0.05) is 31.4 Å². The standard InChI is InChI=1S/C17H18Cl2N4O3S/c1-27(25,26)23-7-4-11-8-12(2-3-15(11)23)17(24)21-6-5-20-16-14(19)9-13(18)10-22-16/h2-3,8-10H,4-7H2,1H3,(H,20,22)(H,21,24). The van der Waals surface area contributed by atoms with Crippen molar-refractivity contribution in [3.05, 3.63) is 51.6 Å². The first-order valence-electron chi connectivity index (χ1n) is 8.19. The van der Waals surface area contributed by atoms with E-state index in [2.05, 4.69) is 15.6 Å². The monoisotopic (exact) mass is 428 g/mol. The van der Waals surface area contributed by atoms with Gasteiger partial charge in [0.1, 0.15) is 5.82 Å². The molecule has 2 aromatic rings. The van der Waals surface area contributed by atoms with Gasteiger partial charge < -0.3 is 10.6 Å². The summed E-state index contributed by atoms with van der Waals surface area (Å²) in [5.41, 5.74) is 1.98. The van der Waals surface area contributed by atoms with Crippen molar-refractivity contribution in [2.75, 3.05) is 35.5 Å². The van der Waals surface area contributed by atoms with E-state index in [1.165, 1.54) is 16.8 Å². The quantitative estimate of drug-likeness (QED) is 0.689. The molecule has 10 heteroatoms. The van der Waals surface area contributed by atoms with Crippen molar-refractivity contribution >= 4 is 50.6 Å². The number of fused-ring (bicyclic) bond motifs is 1. The first kappa shape index (κ1) is 19.7. The summed E-state index contributed by atoms with van der Waals surface area (Å²) >= 11 is 11.8. The molecular formula is C17H18Cl2N4O3S. The van der Waals surface area contributed by atoms with Crippen molar-refractivity contribution in [1.29, 1.82) is 0 Å². The molecule has 0 radical (unpaired) electrons. The largest absolute Gasteiger partial charge is 0.367 e. The highest BCUT2D eigenvalue weighted by molar-refractivity contribution is 7.92. The zero-order chi connectivity index (χ0) is 19.6. The van der Waals surface area contributed by atoms with E-state index in [0.717, 1.165) is 5.56 Å². The van der Waals surface area contributed by atoms with Crippen LogP contribution in [0.15, 0.2) is 30.5 Å². The van der Waals surface area contributed by atoms with Gasteiger partial charge in [0.05, 0.1) is 22.0 Å². The maximum Gasteiger partial charge on any atom is 0.251 e. The summed E-state index contributed by atoms with van der Waals surface area (Å²) in [6, 6.07) is 6.62. The molecule has 1 aromatic carbocycles. The third kappa shape index (κ3) is 4.63. The molecule has 1 aromatic heterocycles. The predicted molar refractivity (Wildman–Crippen MR) is 107 cm³/mol. The van der Waals surface area contributed by atoms with Crippen LogP contribution in [0.4, 0.5) is 11.5 Å². The molecule has 2 heterocycles. The summed E-state index contributed by atoms with van der Waals surface area (Å²) < 4.78 is 24.9. The lowest BCUT2D eigenvalue weighted by molar-refractivity contribution is 0.0955. The first-order chi connectivity index (χ1) is 12.8. The Hall–Kier alpha value is -2.03. The van der Waals surface area contributed by atoms with Crippen molar-refractivity contribution in [3.8, 4) is 0 Å². The smallest absolute Gasteiger partial charge is 0.251 e. The minimum Gasteiger partial charge on any atom is -0.367 e. The molecule has 0 atom stereocenters. The first-order valence-corrected chi connectivity index (χ1v) is 10.8. The molecule has 0 aliphatic carbocycles. The molecule has 7 nitrogen and oxygen atoms in total. The number of anilines is 2. The van der Waals surface area contributed by atoms with E-state index in [1.807, 2.05) is 0 Å². The van der Waals surface area contributed by atoms with E-state index in [0.29, 0.717) is 53.2 Å². The lowest BCUT2D eigenvalue weighted by atomic mass is 10.1. The highest BCUT2D eigenvalue weighted by atomic mass is 35.5. The Bertz CT molecular complexity index is 982. The summed E-state index contributed by atoms with van der Waals surface area (Å²) in [5.74, 6) is 0.265. The average molecular weight is 429 g/mol. The predicted octanol–water partition coefficient (Wildman–Crippen LogP) is 2.55. The Morgan fingerprint density at radius 1 is 1.26 bits per heavy atom. The molecule has 27 heavy (non-hydrogen) atoms. The Balaban J connectivity index is 1.56. The number of nitrogens with zero attached hydrogens (tertiary/aromatic N) is 2. The van der Waals surface area contributed by atoms with Crippen LogP contribution in [0.1, 0.15) is 15.9 Å². The number of hydrogen-bond acceptors (Lipinski definition) is 5. The van der Waals surface area contributed by atoms with Gasteiger partial charge in [-0.15, -0.1) is 0 Å². The van der Waals surface area contributed by atoms with Crippen molar-refractivity contribution in [1.82, 2.24) is 10.3 Å². The number of benzene rings is 1. The van der Waals surface area contributed by atoms with Crippen LogP contribution < -0.4 is 14.9 Å². The van der Waals surface area contributed by atoms with E-state index in [-0.39, 0.29) is 5.91 Å². The summed E-state index contributed by atoms with van der Waals surface area (Å²) in [4.78, 5) is 16.4. The summed E-state index contributed by atoms with van der Waals surface area (Å²) in [6.07, 6.45) is 3.25. The van der Waals surface area contributed by atoms with Crippen LogP contribution in [0.3, 0.4) is 0 Å². The number of pyridine rings is 1. The third-order valence-electron chi connectivity index (χ3n) is 4.11. The molecule has 2 N–H and O–H groups in total. The Morgan fingerprint density at radius 2 is 2.04 bits per heavy atom. The van der Waals surface area contributed by atoms with Crippen molar-refractivity contribution < 1.29 is 13.2 Å². The number of nitrogens with one attached hydrogen (secondary N) is 2. The van der Waals surface area contributed by atoms with Gasteiger partial charge in [-0.25, -0.2) is 13.4 Å². The lowest BCUT2D eigenvalue weighted by Crippen LogP contribution is -2.29. The Kier molecular flexibility index (Phi) is 5.78. The molecule has 3 rings (SSSR count). The van der Waals surface area contributed by atoms with Gasteiger partial charge in [0.2, 0.25) is 10.0 Å². The van der Waals surface area contributed by atoms with Crippen LogP contribution in [0.2, 0.25) is 10.0 Å². The molecule has 0 unspecified atom stereocenters. The molecule has 144 valence electrons. The summed E-state index contributed by atoms with van der Waals surface area (Å²) in [7, 11) is -3.30. The zero-order valence-electron chi connectivity index (χ0n) is 14.5. The summed E-state index contributed by atoms with van der Waals surface area (Å²) in [5, 5.41) is 6.68. The number of aromatic nitrogens is 1. The van der Waals surface area contributed by atoms with Gasteiger partial charge in [-0.05, 0) is 36.2 Å². The second-order valence-electron chi connectivity index (χ2n) is 6.10. The van der Waals surface area contributed by atoms with Crippen LogP contribution in [0, 0.1) is 0 Å². The molecule has 0 fully saturated rings. The van der Waals surface area contributed by atoms with Crippen LogP contribution in [-0.4, -0.2) is 45.2 Å². The van der Waals surface area contributed by atoms with Gasteiger partial charge in [-0.2, -0.15) is 0 Å². The molecular weight excluding hydrogens is 411 g/mol. The lowest BCUT2D eigenvalue weighted by Gasteiger charge is -2.16. The van der Waals surface area contributed by atoms with Crippen molar-refractivity contribution in [3.63, 3.8) is 0 Å². The molecule has 0 saturated carbocycles. The van der Waals surface area contributed by atoms with Gasteiger partial charge in [-0.3, -0.25) is 9.10 Å². The van der Waals surface area contributed by atoms with Crippen LogP contribution in [0.5, 0.6) is 0 Å². The fourth-order valence-electron chi connectivity index (χ4n) is 2.86. The molecule has 1 aliphatic rings.